The third-order valence-corrected chi connectivity index (χ3v) is 6.28. The average molecular weight is 393 g/mol. The number of piperidine rings is 1. The van der Waals surface area contributed by atoms with Crippen LogP contribution in [0.2, 0.25) is 0 Å². The fourth-order valence-electron chi connectivity index (χ4n) is 2.87. The standard InChI is InChI=1S/C17H19N3O4S2/c1-10(21)18-12-4-5-13-14(7-12)26-17(19-13)25-9-15(22)20-6-2-3-11(8-20)16(23)24/h4-5,7,11H,2-3,6,8-9H2,1H3,(H,18,21)(H,23,24). The minimum Gasteiger partial charge on any atom is -0.481 e. The molecule has 1 fully saturated rings. The van der Waals surface area contributed by atoms with Gasteiger partial charge in [-0.05, 0) is 31.0 Å². The van der Waals surface area contributed by atoms with Gasteiger partial charge in [-0.25, -0.2) is 4.98 Å². The molecule has 0 spiro atoms. The summed E-state index contributed by atoms with van der Waals surface area (Å²) in [4.78, 5) is 40.8. The summed E-state index contributed by atoms with van der Waals surface area (Å²) in [5.74, 6) is -1.25. The molecule has 0 aliphatic carbocycles. The monoisotopic (exact) mass is 393 g/mol. The van der Waals surface area contributed by atoms with Gasteiger partial charge in [0.05, 0.1) is 21.9 Å². The second kappa shape index (κ2) is 8.05. The van der Waals surface area contributed by atoms with Crippen molar-refractivity contribution >= 4 is 56.8 Å². The minimum atomic E-state index is -0.837. The van der Waals surface area contributed by atoms with Gasteiger partial charge in [-0.1, -0.05) is 11.8 Å². The highest BCUT2D eigenvalue weighted by atomic mass is 32.2. The molecule has 1 aliphatic rings. The van der Waals surface area contributed by atoms with Crippen LogP contribution in [0.1, 0.15) is 19.8 Å². The molecule has 1 saturated heterocycles. The molecular formula is C17H19N3O4S2. The number of amides is 2. The van der Waals surface area contributed by atoms with Gasteiger partial charge < -0.3 is 15.3 Å². The lowest BCUT2D eigenvalue weighted by Crippen LogP contribution is -2.43. The van der Waals surface area contributed by atoms with Crippen molar-refractivity contribution in [3.8, 4) is 0 Å². The van der Waals surface area contributed by atoms with Crippen LogP contribution in [0.4, 0.5) is 5.69 Å². The number of thioether (sulfide) groups is 1. The number of aromatic nitrogens is 1. The summed E-state index contributed by atoms with van der Waals surface area (Å²) in [6.45, 7) is 2.36. The first-order chi connectivity index (χ1) is 12.4. The molecule has 1 aromatic carbocycles. The van der Waals surface area contributed by atoms with E-state index in [2.05, 4.69) is 10.3 Å². The number of anilines is 1. The van der Waals surface area contributed by atoms with Crippen molar-refractivity contribution in [3.05, 3.63) is 18.2 Å². The minimum absolute atomic E-state index is 0.0564. The van der Waals surface area contributed by atoms with E-state index < -0.39 is 11.9 Å². The molecule has 2 amide bonds. The highest BCUT2D eigenvalue weighted by molar-refractivity contribution is 8.01. The Bertz CT molecular complexity index is 852. The Labute approximate surface area is 158 Å². The SMILES string of the molecule is CC(=O)Nc1ccc2nc(SCC(=O)N3CCCC(C(=O)O)C3)sc2c1. The summed E-state index contributed by atoms with van der Waals surface area (Å²) < 4.78 is 1.72. The number of aliphatic carboxylic acids is 1. The van der Waals surface area contributed by atoms with Crippen molar-refractivity contribution in [2.45, 2.75) is 24.1 Å². The summed E-state index contributed by atoms with van der Waals surface area (Å²) in [7, 11) is 0. The number of carboxylic acid groups (broad SMARTS) is 1. The van der Waals surface area contributed by atoms with Crippen LogP contribution in [0.5, 0.6) is 0 Å². The van der Waals surface area contributed by atoms with Gasteiger partial charge in [-0.3, -0.25) is 14.4 Å². The van der Waals surface area contributed by atoms with Crippen LogP contribution in [-0.2, 0) is 14.4 Å². The van der Waals surface area contributed by atoms with Gasteiger partial charge in [0.25, 0.3) is 0 Å². The van der Waals surface area contributed by atoms with E-state index >= 15 is 0 Å². The van der Waals surface area contributed by atoms with Crippen LogP contribution in [-0.4, -0.2) is 51.6 Å². The van der Waals surface area contributed by atoms with E-state index in [9.17, 15) is 14.4 Å². The third-order valence-electron chi connectivity index (χ3n) is 4.13. The van der Waals surface area contributed by atoms with Crippen molar-refractivity contribution in [1.29, 1.82) is 0 Å². The van der Waals surface area contributed by atoms with E-state index in [1.165, 1.54) is 30.0 Å². The molecule has 0 saturated carbocycles. The number of hydrogen-bond donors (Lipinski definition) is 2. The summed E-state index contributed by atoms with van der Waals surface area (Å²) >= 11 is 2.83. The number of hydrogen-bond acceptors (Lipinski definition) is 6. The average Bonchev–Trinajstić information content (AvgIpc) is 3.01. The maximum Gasteiger partial charge on any atom is 0.308 e. The highest BCUT2D eigenvalue weighted by Gasteiger charge is 2.28. The number of rotatable bonds is 5. The first-order valence-corrected chi connectivity index (χ1v) is 10.0. The largest absolute Gasteiger partial charge is 0.481 e. The molecule has 1 atom stereocenters. The van der Waals surface area contributed by atoms with Gasteiger partial charge in [-0.15, -0.1) is 11.3 Å². The van der Waals surface area contributed by atoms with Crippen LogP contribution >= 0.6 is 23.1 Å². The van der Waals surface area contributed by atoms with E-state index in [1.54, 1.807) is 11.0 Å². The molecule has 26 heavy (non-hydrogen) atoms. The molecular weight excluding hydrogens is 374 g/mol. The number of carbonyl (C=O) groups excluding carboxylic acids is 2. The number of fused-ring (bicyclic) bond motifs is 1. The highest BCUT2D eigenvalue weighted by Crippen LogP contribution is 2.31. The quantitative estimate of drug-likeness (QED) is 0.758. The van der Waals surface area contributed by atoms with E-state index in [0.717, 1.165) is 21.0 Å². The van der Waals surface area contributed by atoms with Crippen LogP contribution in [0.25, 0.3) is 10.2 Å². The van der Waals surface area contributed by atoms with Crippen molar-refractivity contribution < 1.29 is 19.5 Å². The summed E-state index contributed by atoms with van der Waals surface area (Å²) in [5, 5.41) is 11.9. The van der Waals surface area contributed by atoms with Gasteiger partial charge in [0, 0.05) is 25.7 Å². The van der Waals surface area contributed by atoms with Gasteiger partial charge in [0.2, 0.25) is 11.8 Å². The van der Waals surface area contributed by atoms with Crippen molar-refractivity contribution in [1.82, 2.24) is 9.88 Å². The third kappa shape index (κ3) is 4.53. The lowest BCUT2D eigenvalue weighted by Gasteiger charge is -2.30. The van der Waals surface area contributed by atoms with E-state index in [4.69, 9.17) is 5.11 Å². The fraction of sp³-hybridized carbons (Fsp3) is 0.412. The number of carboxylic acids is 1. The molecule has 1 aromatic heterocycles. The van der Waals surface area contributed by atoms with Crippen LogP contribution in [0.3, 0.4) is 0 Å². The Morgan fingerprint density at radius 2 is 2.23 bits per heavy atom. The molecule has 2 aromatic rings. The molecule has 3 rings (SSSR count). The Hall–Kier alpha value is -2.13. The van der Waals surface area contributed by atoms with Crippen molar-refractivity contribution in [3.63, 3.8) is 0 Å². The van der Waals surface area contributed by atoms with E-state index in [-0.39, 0.29) is 24.1 Å². The van der Waals surface area contributed by atoms with Crippen molar-refractivity contribution in [2.75, 3.05) is 24.2 Å². The van der Waals surface area contributed by atoms with E-state index in [0.29, 0.717) is 18.7 Å². The molecule has 0 bridgehead atoms. The number of thiazole rings is 1. The molecule has 0 radical (unpaired) electrons. The Kier molecular flexibility index (Phi) is 5.77. The predicted octanol–water partition coefficient (Wildman–Crippen LogP) is 2.67. The van der Waals surface area contributed by atoms with E-state index in [1.807, 2.05) is 12.1 Å². The van der Waals surface area contributed by atoms with Gasteiger partial charge in [0.15, 0.2) is 4.34 Å². The summed E-state index contributed by atoms with van der Waals surface area (Å²) in [6, 6.07) is 5.50. The predicted molar refractivity (Wildman–Crippen MR) is 102 cm³/mol. The number of nitrogens with zero attached hydrogens (tertiary/aromatic N) is 2. The normalized spacial score (nSPS) is 17.3. The number of carbonyl (C=O) groups is 3. The topological polar surface area (TPSA) is 99.6 Å². The van der Waals surface area contributed by atoms with Crippen LogP contribution in [0.15, 0.2) is 22.5 Å². The molecule has 2 N–H and O–H groups in total. The molecule has 2 heterocycles. The molecule has 1 aliphatic heterocycles. The fourth-order valence-corrected chi connectivity index (χ4v) is 4.88. The number of nitrogens with one attached hydrogen (secondary N) is 1. The molecule has 1 unspecified atom stereocenters. The second-order valence-corrected chi connectivity index (χ2v) is 8.40. The number of benzene rings is 1. The molecule has 7 nitrogen and oxygen atoms in total. The van der Waals surface area contributed by atoms with Crippen LogP contribution in [0, 0.1) is 5.92 Å². The van der Waals surface area contributed by atoms with Gasteiger partial charge >= 0.3 is 5.97 Å². The Morgan fingerprint density at radius 3 is 2.96 bits per heavy atom. The summed E-state index contributed by atoms with van der Waals surface area (Å²) in [5.41, 5.74) is 1.54. The lowest BCUT2D eigenvalue weighted by molar-refractivity contribution is -0.145. The first kappa shape index (κ1) is 18.7. The zero-order valence-corrected chi connectivity index (χ0v) is 15.9. The Balaban J connectivity index is 1.61. The zero-order valence-electron chi connectivity index (χ0n) is 14.2. The lowest BCUT2D eigenvalue weighted by atomic mass is 9.98. The van der Waals surface area contributed by atoms with Crippen molar-refractivity contribution in [2.24, 2.45) is 5.92 Å². The zero-order chi connectivity index (χ0) is 18.7. The second-order valence-electron chi connectivity index (χ2n) is 6.15. The maximum atomic E-state index is 12.4. The van der Waals surface area contributed by atoms with Gasteiger partial charge in [-0.2, -0.15) is 0 Å². The summed E-state index contributed by atoms with van der Waals surface area (Å²) in [6.07, 6.45) is 1.35. The molecule has 9 heteroatoms. The maximum absolute atomic E-state index is 12.4. The smallest absolute Gasteiger partial charge is 0.308 e. The number of likely N-dealkylation sites (tertiary alicyclic amines) is 1. The first-order valence-electron chi connectivity index (χ1n) is 8.24. The molecule has 138 valence electrons. The van der Waals surface area contributed by atoms with Gasteiger partial charge in [0.1, 0.15) is 0 Å². The Morgan fingerprint density at radius 1 is 1.42 bits per heavy atom. The van der Waals surface area contributed by atoms with Crippen LogP contribution < -0.4 is 5.32 Å².